The monoisotopic (exact) mass is 311 g/mol. The summed E-state index contributed by atoms with van der Waals surface area (Å²) in [5.41, 5.74) is 5.74. The zero-order valence-electron chi connectivity index (χ0n) is 14.4. The van der Waals surface area contributed by atoms with E-state index < -0.39 is 0 Å². The van der Waals surface area contributed by atoms with E-state index in [0.717, 1.165) is 30.8 Å². The van der Waals surface area contributed by atoms with Crippen LogP contribution in [-0.4, -0.2) is 22.0 Å². The minimum Gasteiger partial charge on any atom is -0.345 e. The number of hydrogen-bond acceptors (Lipinski definition) is 1. The maximum absolute atomic E-state index is 12.8. The summed E-state index contributed by atoms with van der Waals surface area (Å²) < 4.78 is 2.33. The fraction of sp³-hybridized carbons (Fsp3) is 0.421. The number of hydrogen-bond donors (Lipinski definition) is 1. The van der Waals surface area contributed by atoms with Crippen LogP contribution in [0.3, 0.4) is 0 Å². The highest BCUT2D eigenvalue weighted by molar-refractivity contribution is 5.90. The van der Waals surface area contributed by atoms with Gasteiger partial charge in [0.2, 0.25) is 0 Å². The molecule has 1 aromatic carbocycles. The van der Waals surface area contributed by atoms with Crippen LogP contribution in [0, 0.1) is 20.8 Å². The van der Waals surface area contributed by atoms with Crippen molar-refractivity contribution in [3.63, 3.8) is 0 Å². The number of carbonyl (C=O) groups excluding carboxylic acids is 1. The molecule has 0 saturated carbocycles. The highest BCUT2D eigenvalue weighted by atomic mass is 16.2. The molecule has 0 fully saturated rings. The molecule has 122 valence electrons. The van der Waals surface area contributed by atoms with Crippen LogP contribution in [0.1, 0.15) is 41.9 Å². The minimum atomic E-state index is -0.00402. The van der Waals surface area contributed by atoms with Crippen LogP contribution < -0.4 is 5.32 Å². The number of nitrogens with one attached hydrogen (secondary N) is 1. The van der Waals surface area contributed by atoms with Crippen molar-refractivity contribution in [1.82, 2.24) is 9.47 Å². The first kappa shape index (κ1) is 15.7. The quantitative estimate of drug-likeness (QED) is 0.876. The number of carbonyl (C=O) groups is 1. The van der Waals surface area contributed by atoms with Gasteiger partial charge in [-0.25, -0.2) is 4.79 Å². The first-order chi connectivity index (χ1) is 11.0. The van der Waals surface area contributed by atoms with E-state index in [9.17, 15) is 4.79 Å². The molecule has 0 aliphatic carbocycles. The van der Waals surface area contributed by atoms with Gasteiger partial charge in [-0.2, -0.15) is 0 Å². The van der Waals surface area contributed by atoms with E-state index in [2.05, 4.69) is 48.9 Å². The van der Waals surface area contributed by atoms with Crippen molar-refractivity contribution in [2.24, 2.45) is 0 Å². The zero-order chi connectivity index (χ0) is 16.6. The van der Waals surface area contributed by atoms with Gasteiger partial charge in [0, 0.05) is 30.2 Å². The molecule has 2 amide bonds. The van der Waals surface area contributed by atoms with Crippen LogP contribution in [-0.2, 0) is 6.54 Å². The summed E-state index contributed by atoms with van der Waals surface area (Å²) >= 11 is 0. The molecule has 1 aromatic heterocycles. The van der Waals surface area contributed by atoms with Crippen LogP contribution in [0.5, 0.6) is 0 Å². The fourth-order valence-electron chi connectivity index (χ4n) is 3.46. The van der Waals surface area contributed by atoms with Crippen molar-refractivity contribution in [1.29, 1.82) is 0 Å². The van der Waals surface area contributed by atoms with Crippen molar-refractivity contribution in [2.75, 3.05) is 11.9 Å². The summed E-state index contributed by atoms with van der Waals surface area (Å²) in [4.78, 5) is 14.8. The second-order valence-corrected chi connectivity index (χ2v) is 6.35. The van der Waals surface area contributed by atoms with Gasteiger partial charge < -0.3 is 14.8 Å². The number of aryl methyl sites for hydroxylation is 2. The van der Waals surface area contributed by atoms with Gasteiger partial charge in [-0.15, -0.1) is 0 Å². The number of anilines is 1. The Morgan fingerprint density at radius 2 is 1.96 bits per heavy atom. The first-order valence-corrected chi connectivity index (χ1v) is 8.32. The van der Waals surface area contributed by atoms with Gasteiger partial charge in [-0.05, 0) is 56.5 Å². The summed E-state index contributed by atoms with van der Waals surface area (Å²) in [6.07, 6.45) is 0.920. The maximum atomic E-state index is 12.8. The molecular weight excluding hydrogens is 286 g/mol. The third-order valence-electron chi connectivity index (χ3n) is 5.01. The third-order valence-corrected chi connectivity index (χ3v) is 5.01. The number of fused-ring (bicyclic) bond motifs is 1. The highest BCUT2D eigenvalue weighted by Crippen LogP contribution is 2.31. The standard InChI is InChI=1S/C19H25N3O/c1-5-17-18-10-9-14(3)21(18)11-12-22(17)19(23)20-16-8-6-7-13(2)15(16)4/h6-10,17H,5,11-12H2,1-4H3,(H,20,23)/t17-/m0/s1. The molecule has 1 aliphatic rings. The zero-order valence-corrected chi connectivity index (χ0v) is 14.4. The van der Waals surface area contributed by atoms with E-state index in [4.69, 9.17) is 0 Å². The molecule has 0 spiro atoms. The van der Waals surface area contributed by atoms with Crippen LogP contribution in [0.15, 0.2) is 30.3 Å². The Hall–Kier alpha value is -2.23. The Bertz CT molecular complexity index is 732. The first-order valence-electron chi connectivity index (χ1n) is 8.32. The smallest absolute Gasteiger partial charge is 0.322 e. The number of benzene rings is 1. The van der Waals surface area contributed by atoms with Gasteiger partial charge in [-0.3, -0.25) is 0 Å². The van der Waals surface area contributed by atoms with Gasteiger partial charge in [0.15, 0.2) is 0 Å². The third kappa shape index (κ3) is 2.74. The number of aromatic nitrogens is 1. The summed E-state index contributed by atoms with van der Waals surface area (Å²) in [5.74, 6) is 0. The fourth-order valence-corrected chi connectivity index (χ4v) is 3.46. The lowest BCUT2D eigenvalue weighted by Gasteiger charge is -2.37. The Morgan fingerprint density at radius 3 is 2.70 bits per heavy atom. The molecule has 1 atom stereocenters. The average Bonchev–Trinajstić information content (AvgIpc) is 2.92. The molecule has 1 aliphatic heterocycles. The van der Waals surface area contributed by atoms with Crippen LogP contribution in [0.2, 0.25) is 0 Å². The second-order valence-electron chi connectivity index (χ2n) is 6.35. The largest absolute Gasteiger partial charge is 0.345 e. The Kier molecular flexibility index (Phi) is 4.16. The molecule has 0 saturated heterocycles. The van der Waals surface area contributed by atoms with Gasteiger partial charge >= 0.3 is 6.03 Å². The molecule has 0 unspecified atom stereocenters. The number of urea groups is 1. The molecule has 0 radical (unpaired) electrons. The van der Waals surface area contributed by atoms with Crippen molar-refractivity contribution in [3.8, 4) is 0 Å². The Morgan fingerprint density at radius 1 is 1.17 bits per heavy atom. The second kappa shape index (κ2) is 6.11. The lowest BCUT2D eigenvalue weighted by atomic mass is 10.1. The molecule has 4 heteroatoms. The van der Waals surface area contributed by atoms with Crippen LogP contribution >= 0.6 is 0 Å². The predicted octanol–water partition coefficient (Wildman–Crippen LogP) is 4.41. The van der Waals surface area contributed by atoms with Crippen molar-refractivity contribution in [2.45, 2.75) is 46.7 Å². The minimum absolute atomic E-state index is 0.00402. The molecule has 0 bridgehead atoms. The predicted molar refractivity (Wildman–Crippen MR) is 93.8 cm³/mol. The van der Waals surface area contributed by atoms with Crippen LogP contribution in [0.4, 0.5) is 10.5 Å². The summed E-state index contributed by atoms with van der Waals surface area (Å²) in [7, 11) is 0. The van der Waals surface area contributed by atoms with Crippen molar-refractivity contribution in [3.05, 3.63) is 52.8 Å². The summed E-state index contributed by atoms with van der Waals surface area (Å²) in [5, 5.41) is 3.10. The normalized spacial score (nSPS) is 17.0. The van der Waals surface area contributed by atoms with Gasteiger partial charge in [-0.1, -0.05) is 19.1 Å². The molecule has 1 N–H and O–H groups in total. The number of amides is 2. The van der Waals surface area contributed by atoms with E-state index in [-0.39, 0.29) is 12.1 Å². The molecule has 2 heterocycles. The van der Waals surface area contributed by atoms with E-state index in [1.165, 1.54) is 17.0 Å². The SMILES string of the molecule is CC[C@H]1c2ccc(C)n2CCN1C(=O)Nc1cccc(C)c1C. The molecule has 23 heavy (non-hydrogen) atoms. The lowest BCUT2D eigenvalue weighted by Crippen LogP contribution is -2.44. The number of rotatable bonds is 2. The highest BCUT2D eigenvalue weighted by Gasteiger charge is 2.30. The van der Waals surface area contributed by atoms with E-state index in [1.54, 1.807) is 0 Å². The van der Waals surface area contributed by atoms with Gasteiger partial charge in [0.1, 0.15) is 0 Å². The Balaban J connectivity index is 1.84. The maximum Gasteiger partial charge on any atom is 0.322 e. The lowest BCUT2D eigenvalue weighted by molar-refractivity contribution is 0.165. The van der Waals surface area contributed by atoms with E-state index in [0.29, 0.717) is 0 Å². The van der Waals surface area contributed by atoms with E-state index in [1.807, 2.05) is 24.0 Å². The number of nitrogens with zero attached hydrogens (tertiary/aromatic N) is 2. The van der Waals surface area contributed by atoms with Gasteiger partial charge in [0.25, 0.3) is 0 Å². The molecule has 2 aromatic rings. The summed E-state index contributed by atoms with van der Waals surface area (Å²) in [6.45, 7) is 9.99. The van der Waals surface area contributed by atoms with Gasteiger partial charge in [0.05, 0.1) is 6.04 Å². The van der Waals surface area contributed by atoms with Crippen molar-refractivity contribution < 1.29 is 4.79 Å². The van der Waals surface area contributed by atoms with E-state index >= 15 is 0 Å². The molecule has 4 nitrogen and oxygen atoms in total. The average molecular weight is 311 g/mol. The van der Waals surface area contributed by atoms with Crippen LogP contribution in [0.25, 0.3) is 0 Å². The molecular formula is C19H25N3O. The Labute approximate surface area is 138 Å². The topological polar surface area (TPSA) is 37.3 Å². The summed E-state index contributed by atoms with van der Waals surface area (Å²) in [6, 6.07) is 10.5. The molecule has 3 rings (SSSR count). The van der Waals surface area contributed by atoms with Crippen molar-refractivity contribution >= 4 is 11.7 Å².